The van der Waals surface area contributed by atoms with Crippen LogP contribution in [0.25, 0.3) is 0 Å². The monoisotopic (exact) mass is 286 g/mol. The van der Waals surface area contributed by atoms with Crippen molar-refractivity contribution in [1.82, 2.24) is 4.31 Å². The Morgan fingerprint density at radius 2 is 2.00 bits per heavy atom. The van der Waals surface area contributed by atoms with E-state index in [2.05, 4.69) is 0 Å². The quantitative estimate of drug-likeness (QED) is 0.858. The summed E-state index contributed by atoms with van der Waals surface area (Å²) in [6.07, 6.45) is 0. The highest BCUT2D eigenvalue weighted by atomic mass is 32.2. The van der Waals surface area contributed by atoms with Crippen LogP contribution in [-0.4, -0.2) is 33.4 Å². The van der Waals surface area contributed by atoms with Gasteiger partial charge in [-0.3, -0.25) is 0 Å². The Kier molecular flexibility index (Phi) is 5.34. The lowest BCUT2D eigenvalue weighted by Crippen LogP contribution is -2.30. The predicted octanol–water partition coefficient (Wildman–Crippen LogP) is 1.43. The van der Waals surface area contributed by atoms with Crippen LogP contribution in [0, 0.1) is 5.92 Å². The molecule has 0 aliphatic heterocycles. The topological polar surface area (TPSA) is 72.6 Å². The maximum atomic E-state index is 12.5. The molecule has 0 radical (unpaired) electrons. The van der Waals surface area contributed by atoms with E-state index in [4.69, 9.17) is 10.5 Å². The molecule has 6 heteroatoms. The molecule has 0 atom stereocenters. The second-order valence-electron chi connectivity index (χ2n) is 4.87. The average molecular weight is 286 g/mol. The Morgan fingerprint density at radius 1 is 1.37 bits per heavy atom. The molecule has 0 aliphatic carbocycles. The summed E-state index contributed by atoms with van der Waals surface area (Å²) in [5, 5.41) is 0. The van der Waals surface area contributed by atoms with Crippen molar-refractivity contribution in [2.75, 3.05) is 20.7 Å². The highest BCUT2D eigenvalue weighted by Crippen LogP contribution is 2.27. The fourth-order valence-corrected chi connectivity index (χ4v) is 3.30. The van der Waals surface area contributed by atoms with Gasteiger partial charge < -0.3 is 10.5 Å². The fourth-order valence-electron chi connectivity index (χ4n) is 1.83. The molecule has 5 nitrogen and oxygen atoms in total. The minimum atomic E-state index is -3.53. The third-order valence-electron chi connectivity index (χ3n) is 2.77. The van der Waals surface area contributed by atoms with Gasteiger partial charge in [0.1, 0.15) is 10.6 Å². The number of nitrogens with two attached hydrogens (primary N) is 1. The van der Waals surface area contributed by atoms with Gasteiger partial charge in [0.05, 0.1) is 7.11 Å². The largest absolute Gasteiger partial charge is 0.495 e. The first-order chi connectivity index (χ1) is 8.82. The molecule has 0 amide bonds. The summed E-state index contributed by atoms with van der Waals surface area (Å²) in [5.41, 5.74) is 6.38. The number of ether oxygens (including phenoxy) is 1. The normalized spacial score (nSPS) is 12.2. The number of benzene rings is 1. The first-order valence-corrected chi connectivity index (χ1v) is 7.60. The van der Waals surface area contributed by atoms with E-state index in [1.807, 2.05) is 13.8 Å². The summed E-state index contributed by atoms with van der Waals surface area (Å²) in [7, 11) is -0.504. The lowest BCUT2D eigenvalue weighted by molar-refractivity contribution is 0.390. The van der Waals surface area contributed by atoms with Gasteiger partial charge in [0.15, 0.2) is 0 Å². The Labute approximate surface area is 115 Å². The maximum absolute atomic E-state index is 12.5. The molecule has 0 unspecified atom stereocenters. The van der Waals surface area contributed by atoms with Crippen molar-refractivity contribution < 1.29 is 13.2 Å². The Balaban J connectivity index is 3.21. The first-order valence-electron chi connectivity index (χ1n) is 6.16. The molecule has 0 saturated heterocycles. The van der Waals surface area contributed by atoms with E-state index in [0.717, 1.165) is 5.56 Å². The van der Waals surface area contributed by atoms with Crippen molar-refractivity contribution in [3.63, 3.8) is 0 Å². The predicted molar refractivity (Wildman–Crippen MR) is 75.5 cm³/mol. The molecule has 0 heterocycles. The molecule has 0 aromatic heterocycles. The van der Waals surface area contributed by atoms with Crippen LogP contribution in [0.5, 0.6) is 5.75 Å². The van der Waals surface area contributed by atoms with E-state index in [1.165, 1.54) is 11.4 Å². The van der Waals surface area contributed by atoms with Gasteiger partial charge in [0, 0.05) is 20.1 Å². The van der Waals surface area contributed by atoms with E-state index in [0.29, 0.717) is 18.8 Å². The highest BCUT2D eigenvalue weighted by Gasteiger charge is 2.25. The van der Waals surface area contributed by atoms with Crippen LogP contribution in [0.15, 0.2) is 23.1 Å². The number of rotatable bonds is 6. The smallest absolute Gasteiger partial charge is 0.246 e. The van der Waals surface area contributed by atoms with Crippen molar-refractivity contribution in [1.29, 1.82) is 0 Å². The number of methoxy groups -OCH3 is 1. The second kappa shape index (κ2) is 6.36. The third kappa shape index (κ3) is 3.68. The van der Waals surface area contributed by atoms with Gasteiger partial charge >= 0.3 is 0 Å². The van der Waals surface area contributed by atoms with Gasteiger partial charge in [0.25, 0.3) is 0 Å². The van der Waals surface area contributed by atoms with E-state index >= 15 is 0 Å². The van der Waals surface area contributed by atoms with Crippen LogP contribution in [0.2, 0.25) is 0 Å². The van der Waals surface area contributed by atoms with Crippen molar-refractivity contribution >= 4 is 10.0 Å². The standard InChI is InChI=1S/C13H22N2O3S/c1-10(2)9-15(3)19(16,17)13-6-5-11(8-14)7-12(13)18-4/h5-7,10H,8-9,14H2,1-4H3. The van der Waals surface area contributed by atoms with Gasteiger partial charge in [-0.1, -0.05) is 19.9 Å². The van der Waals surface area contributed by atoms with Gasteiger partial charge in [-0.25, -0.2) is 12.7 Å². The Bertz CT molecular complexity index is 527. The highest BCUT2D eigenvalue weighted by molar-refractivity contribution is 7.89. The second-order valence-corrected chi connectivity index (χ2v) is 6.88. The summed E-state index contributed by atoms with van der Waals surface area (Å²) in [6.45, 7) is 4.75. The molecular weight excluding hydrogens is 264 g/mol. The van der Waals surface area contributed by atoms with Crippen molar-refractivity contribution in [3.05, 3.63) is 23.8 Å². The lowest BCUT2D eigenvalue weighted by atomic mass is 10.2. The molecule has 1 rings (SSSR count). The van der Waals surface area contributed by atoms with Crippen molar-refractivity contribution in [2.24, 2.45) is 11.7 Å². The van der Waals surface area contributed by atoms with Gasteiger partial charge in [-0.05, 0) is 23.6 Å². The van der Waals surface area contributed by atoms with Gasteiger partial charge in [-0.2, -0.15) is 0 Å². The molecule has 0 fully saturated rings. The summed E-state index contributed by atoms with van der Waals surface area (Å²) >= 11 is 0. The third-order valence-corrected chi connectivity index (χ3v) is 4.64. The zero-order chi connectivity index (χ0) is 14.6. The van der Waals surface area contributed by atoms with Crippen LogP contribution in [0.3, 0.4) is 0 Å². The summed E-state index contributed by atoms with van der Waals surface area (Å²) in [4.78, 5) is 0.176. The Morgan fingerprint density at radius 3 is 2.47 bits per heavy atom. The zero-order valence-corrected chi connectivity index (χ0v) is 12.7. The molecule has 0 aliphatic rings. The van der Waals surface area contributed by atoms with Gasteiger partial charge in [-0.15, -0.1) is 0 Å². The molecule has 108 valence electrons. The summed E-state index contributed by atoms with van der Waals surface area (Å²) in [6, 6.07) is 4.92. The van der Waals surface area contributed by atoms with Gasteiger partial charge in [0.2, 0.25) is 10.0 Å². The molecule has 1 aromatic rings. The molecular formula is C13H22N2O3S. The van der Waals surface area contributed by atoms with Crippen LogP contribution >= 0.6 is 0 Å². The van der Waals surface area contributed by atoms with Crippen LogP contribution in [-0.2, 0) is 16.6 Å². The van der Waals surface area contributed by atoms with E-state index in [9.17, 15) is 8.42 Å². The first kappa shape index (κ1) is 15.9. The number of hydrogen-bond donors (Lipinski definition) is 1. The molecule has 0 bridgehead atoms. The summed E-state index contributed by atoms with van der Waals surface area (Å²) in [5.74, 6) is 0.590. The lowest BCUT2D eigenvalue weighted by Gasteiger charge is -2.20. The average Bonchev–Trinajstić information content (AvgIpc) is 2.36. The summed E-state index contributed by atoms with van der Waals surface area (Å²) < 4.78 is 31.4. The van der Waals surface area contributed by atoms with Crippen molar-refractivity contribution in [2.45, 2.75) is 25.3 Å². The molecule has 0 saturated carbocycles. The molecule has 0 spiro atoms. The van der Waals surface area contributed by atoms with Crippen LogP contribution in [0.1, 0.15) is 19.4 Å². The number of hydrogen-bond acceptors (Lipinski definition) is 4. The SMILES string of the molecule is COc1cc(CN)ccc1S(=O)(=O)N(C)CC(C)C. The Hall–Kier alpha value is -1.11. The van der Waals surface area contributed by atoms with Crippen molar-refractivity contribution in [3.8, 4) is 5.75 Å². The molecule has 19 heavy (non-hydrogen) atoms. The van der Waals surface area contributed by atoms with Crippen LogP contribution in [0.4, 0.5) is 0 Å². The zero-order valence-electron chi connectivity index (χ0n) is 11.9. The van der Waals surface area contributed by atoms with Crippen LogP contribution < -0.4 is 10.5 Å². The fraction of sp³-hybridized carbons (Fsp3) is 0.538. The minimum Gasteiger partial charge on any atom is -0.495 e. The minimum absolute atomic E-state index is 0.176. The van der Waals surface area contributed by atoms with E-state index < -0.39 is 10.0 Å². The maximum Gasteiger partial charge on any atom is 0.246 e. The molecule has 1 aromatic carbocycles. The number of nitrogens with zero attached hydrogens (tertiary/aromatic N) is 1. The number of sulfonamides is 1. The molecule has 2 N–H and O–H groups in total. The van der Waals surface area contributed by atoms with E-state index in [-0.39, 0.29) is 10.8 Å². The van der Waals surface area contributed by atoms with E-state index in [1.54, 1.807) is 25.2 Å².